The van der Waals surface area contributed by atoms with Crippen molar-refractivity contribution in [2.75, 3.05) is 0 Å². The molecule has 0 spiro atoms. The minimum atomic E-state index is -0.754. The summed E-state index contributed by atoms with van der Waals surface area (Å²) in [6.45, 7) is 0. The van der Waals surface area contributed by atoms with Crippen molar-refractivity contribution in [1.29, 1.82) is 0 Å². The first-order chi connectivity index (χ1) is 11.1. The van der Waals surface area contributed by atoms with Gasteiger partial charge in [0.05, 0.1) is 5.92 Å². The summed E-state index contributed by atoms with van der Waals surface area (Å²) in [6, 6.07) is 14.6. The van der Waals surface area contributed by atoms with E-state index in [0.29, 0.717) is 12.8 Å². The molecule has 0 heterocycles. The van der Waals surface area contributed by atoms with E-state index in [1.54, 1.807) is 0 Å². The van der Waals surface area contributed by atoms with Crippen LogP contribution < -0.4 is 5.32 Å². The predicted octanol–water partition coefficient (Wildman–Crippen LogP) is 2.92. The van der Waals surface area contributed by atoms with Crippen LogP contribution in [0.15, 0.2) is 42.5 Å². The number of benzene rings is 2. The zero-order chi connectivity index (χ0) is 16.0. The number of amides is 1. The van der Waals surface area contributed by atoms with Crippen LogP contribution in [-0.4, -0.2) is 23.0 Å². The Kier molecular flexibility index (Phi) is 3.33. The van der Waals surface area contributed by atoms with Crippen molar-refractivity contribution in [2.45, 2.75) is 31.2 Å². The molecule has 1 amide bonds. The van der Waals surface area contributed by atoms with Crippen LogP contribution in [0.5, 0.6) is 0 Å². The third kappa shape index (κ3) is 2.58. The van der Waals surface area contributed by atoms with E-state index < -0.39 is 5.97 Å². The van der Waals surface area contributed by atoms with Gasteiger partial charge in [0, 0.05) is 12.0 Å². The van der Waals surface area contributed by atoms with Gasteiger partial charge < -0.3 is 10.4 Å². The molecule has 2 atom stereocenters. The predicted molar refractivity (Wildman–Crippen MR) is 87.1 cm³/mol. The Balaban J connectivity index is 1.42. The van der Waals surface area contributed by atoms with Gasteiger partial charge >= 0.3 is 5.97 Å². The van der Waals surface area contributed by atoms with Gasteiger partial charge in [-0.2, -0.15) is 0 Å². The van der Waals surface area contributed by atoms with Crippen LogP contribution in [0.25, 0.3) is 10.8 Å². The van der Waals surface area contributed by atoms with Crippen LogP contribution in [0.2, 0.25) is 0 Å². The first-order valence-electron chi connectivity index (χ1n) is 8.14. The summed E-state index contributed by atoms with van der Waals surface area (Å²) >= 11 is 0. The summed E-state index contributed by atoms with van der Waals surface area (Å²) in [5.41, 5.74) is 1.25. The van der Waals surface area contributed by atoms with Crippen molar-refractivity contribution >= 4 is 22.6 Å². The summed E-state index contributed by atoms with van der Waals surface area (Å²) in [5.74, 6) is -0.637. The highest BCUT2D eigenvalue weighted by molar-refractivity contribution is 5.89. The van der Waals surface area contributed by atoms with Crippen LogP contribution in [0.1, 0.15) is 30.7 Å². The fourth-order valence-corrected chi connectivity index (χ4v) is 3.65. The molecule has 2 saturated carbocycles. The number of hydrogen-bond donors (Lipinski definition) is 2. The highest BCUT2D eigenvalue weighted by atomic mass is 16.4. The second-order valence-electron chi connectivity index (χ2n) is 6.73. The lowest BCUT2D eigenvalue weighted by Crippen LogP contribution is -2.47. The molecule has 4 nitrogen and oxygen atoms in total. The highest BCUT2D eigenvalue weighted by Gasteiger charge is 2.46. The maximum atomic E-state index is 12.3. The fraction of sp³-hybridized carbons (Fsp3) is 0.368. The lowest BCUT2D eigenvalue weighted by atomic mass is 9.80. The summed E-state index contributed by atoms with van der Waals surface area (Å²) in [6.07, 6.45) is 2.01. The molecule has 118 valence electrons. The van der Waals surface area contributed by atoms with Crippen LogP contribution in [0.3, 0.4) is 0 Å². The number of carboxylic acids is 1. The minimum absolute atomic E-state index is 0.0321. The number of carbonyl (C=O) groups excluding carboxylic acids is 1. The van der Waals surface area contributed by atoms with E-state index >= 15 is 0 Å². The number of carbonyl (C=O) groups is 2. The standard InChI is InChI=1S/C19H19NO3/c21-18(20-13-8-12(9-13)19(22)23)17-10-16(17)15-7-3-5-11-4-1-2-6-14(11)15/h1-7,12-13,16-17H,8-10H2,(H,20,21)(H,22,23). The van der Waals surface area contributed by atoms with Crippen LogP contribution in [0.4, 0.5) is 0 Å². The smallest absolute Gasteiger partial charge is 0.306 e. The normalized spacial score (nSPS) is 28.9. The molecule has 4 rings (SSSR count). The van der Waals surface area contributed by atoms with Gasteiger partial charge in [0.25, 0.3) is 0 Å². The molecule has 0 aliphatic heterocycles. The molecule has 4 heteroatoms. The Bertz CT molecular complexity index is 774. The van der Waals surface area contributed by atoms with Gasteiger partial charge in [0.15, 0.2) is 0 Å². The van der Waals surface area contributed by atoms with Gasteiger partial charge in [-0.25, -0.2) is 0 Å². The summed E-state index contributed by atoms with van der Waals surface area (Å²) in [4.78, 5) is 23.2. The average Bonchev–Trinajstić information content (AvgIpc) is 3.29. The molecule has 2 aliphatic carbocycles. The Labute approximate surface area is 134 Å². The molecular weight excluding hydrogens is 290 g/mol. The number of carboxylic acid groups (broad SMARTS) is 1. The molecule has 2 aliphatic rings. The molecule has 2 aromatic carbocycles. The molecule has 0 aromatic heterocycles. The van der Waals surface area contributed by atoms with E-state index in [2.05, 4.69) is 29.6 Å². The molecule has 0 bridgehead atoms. The Morgan fingerprint density at radius 1 is 1.00 bits per heavy atom. The van der Waals surface area contributed by atoms with Gasteiger partial charge in [-0.1, -0.05) is 42.5 Å². The number of aliphatic carboxylic acids is 1. The number of rotatable bonds is 4. The molecular formula is C19H19NO3. The number of hydrogen-bond acceptors (Lipinski definition) is 2. The zero-order valence-corrected chi connectivity index (χ0v) is 12.7. The lowest BCUT2D eigenvalue weighted by Gasteiger charge is -2.32. The van der Waals surface area contributed by atoms with Crippen LogP contribution >= 0.6 is 0 Å². The van der Waals surface area contributed by atoms with Gasteiger partial charge in [0.1, 0.15) is 0 Å². The van der Waals surface area contributed by atoms with E-state index in [1.807, 2.05) is 18.2 Å². The van der Waals surface area contributed by atoms with Crippen LogP contribution in [0, 0.1) is 11.8 Å². The van der Waals surface area contributed by atoms with Gasteiger partial charge in [-0.3, -0.25) is 9.59 Å². The third-order valence-electron chi connectivity index (χ3n) is 5.18. The minimum Gasteiger partial charge on any atom is -0.481 e. The van der Waals surface area contributed by atoms with Crippen molar-refractivity contribution in [1.82, 2.24) is 5.32 Å². The lowest BCUT2D eigenvalue weighted by molar-refractivity contribution is -0.146. The molecule has 2 aromatic rings. The van der Waals surface area contributed by atoms with Gasteiger partial charge in [-0.15, -0.1) is 0 Å². The maximum Gasteiger partial charge on any atom is 0.306 e. The van der Waals surface area contributed by atoms with E-state index in [-0.39, 0.29) is 29.7 Å². The molecule has 2 unspecified atom stereocenters. The van der Waals surface area contributed by atoms with Crippen LogP contribution in [-0.2, 0) is 9.59 Å². The molecule has 0 saturated heterocycles. The maximum absolute atomic E-state index is 12.3. The van der Waals surface area contributed by atoms with Crippen molar-refractivity contribution in [3.8, 4) is 0 Å². The second kappa shape index (κ2) is 5.37. The van der Waals surface area contributed by atoms with Gasteiger partial charge in [-0.05, 0) is 41.5 Å². The zero-order valence-electron chi connectivity index (χ0n) is 12.7. The number of nitrogens with one attached hydrogen (secondary N) is 1. The quantitative estimate of drug-likeness (QED) is 0.912. The second-order valence-corrected chi connectivity index (χ2v) is 6.73. The van der Waals surface area contributed by atoms with E-state index in [4.69, 9.17) is 5.11 Å². The van der Waals surface area contributed by atoms with Crippen molar-refractivity contribution in [3.05, 3.63) is 48.0 Å². The summed E-state index contributed by atoms with van der Waals surface area (Å²) in [7, 11) is 0. The van der Waals surface area contributed by atoms with Crippen molar-refractivity contribution in [2.24, 2.45) is 11.8 Å². The monoisotopic (exact) mass is 309 g/mol. The molecule has 23 heavy (non-hydrogen) atoms. The fourth-order valence-electron chi connectivity index (χ4n) is 3.65. The molecule has 0 radical (unpaired) electrons. The first kappa shape index (κ1) is 14.2. The topological polar surface area (TPSA) is 66.4 Å². The molecule has 2 fully saturated rings. The summed E-state index contributed by atoms with van der Waals surface area (Å²) in [5, 5.41) is 14.3. The highest BCUT2D eigenvalue weighted by Crippen LogP contribution is 2.49. The first-order valence-corrected chi connectivity index (χ1v) is 8.14. The largest absolute Gasteiger partial charge is 0.481 e. The molecule has 2 N–H and O–H groups in total. The Hall–Kier alpha value is -2.36. The van der Waals surface area contributed by atoms with E-state index in [9.17, 15) is 9.59 Å². The van der Waals surface area contributed by atoms with Gasteiger partial charge in [0.2, 0.25) is 5.91 Å². The Morgan fingerprint density at radius 3 is 2.52 bits per heavy atom. The van der Waals surface area contributed by atoms with Crippen molar-refractivity contribution in [3.63, 3.8) is 0 Å². The van der Waals surface area contributed by atoms with E-state index in [0.717, 1.165) is 6.42 Å². The average molecular weight is 309 g/mol. The summed E-state index contributed by atoms with van der Waals surface area (Å²) < 4.78 is 0. The third-order valence-corrected chi connectivity index (χ3v) is 5.18. The van der Waals surface area contributed by atoms with E-state index in [1.165, 1.54) is 16.3 Å². The SMILES string of the molecule is O=C(O)C1CC(NC(=O)C2CC2c2cccc3ccccc23)C1. The van der Waals surface area contributed by atoms with Crippen molar-refractivity contribution < 1.29 is 14.7 Å². The Morgan fingerprint density at radius 2 is 1.74 bits per heavy atom. The number of fused-ring (bicyclic) bond motifs is 1.